The van der Waals surface area contributed by atoms with E-state index in [2.05, 4.69) is 25.9 Å². The highest BCUT2D eigenvalue weighted by molar-refractivity contribution is 8.01. The van der Waals surface area contributed by atoms with Crippen LogP contribution in [0.15, 0.2) is 58.0 Å². The van der Waals surface area contributed by atoms with Crippen molar-refractivity contribution in [1.82, 2.24) is 19.8 Å². The third kappa shape index (κ3) is 6.32. The van der Waals surface area contributed by atoms with Gasteiger partial charge in [0.25, 0.3) is 11.4 Å². The Morgan fingerprint density at radius 1 is 0.889 bits per heavy atom. The van der Waals surface area contributed by atoms with Gasteiger partial charge in [-0.2, -0.15) is 4.52 Å². The first-order chi connectivity index (χ1) is 17.3. The van der Waals surface area contributed by atoms with Gasteiger partial charge in [0.05, 0.1) is 21.4 Å². The number of amides is 2. The summed E-state index contributed by atoms with van der Waals surface area (Å²) in [7, 11) is 0. The van der Waals surface area contributed by atoms with Crippen molar-refractivity contribution < 1.29 is 19.4 Å². The van der Waals surface area contributed by atoms with Gasteiger partial charge >= 0.3 is 0 Å². The number of anilines is 2. The molecular formula is C19H14N8O6S3. The van der Waals surface area contributed by atoms with Gasteiger partial charge in [-0.15, -0.1) is 15.3 Å². The summed E-state index contributed by atoms with van der Waals surface area (Å²) in [6.45, 7) is 0. The number of non-ortho nitro benzene ring substituents is 2. The lowest BCUT2D eigenvalue weighted by molar-refractivity contribution is -0.385. The summed E-state index contributed by atoms with van der Waals surface area (Å²) in [6.07, 6.45) is 0. The molecule has 0 unspecified atom stereocenters. The molecule has 4 rings (SSSR count). The van der Waals surface area contributed by atoms with Gasteiger partial charge in [0.2, 0.25) is 21.9 Å². The van der Waals surface area contributed by atoms with E-state index in [0.29, 0.717) is 25.8 Å². The van der Waals surface area contributed by atoms with Crippen molar-refractivity contribution in [2.75, 3.05) is 22.1 Å². The van der Waals surface area contributed by atoms with Crippen LogP contribution in [-0.2, 0) is 9.59 Å². The van der Waals surface area contributed by atoms with Crippen LogP contribution in [0.3, 0.4) is 0 Å². The van der Waals surface area contributed by atoms with Crippen LogP contribution in [0.4, 0.5) is 22.7 Å². The number of rotatable bonds is 10. The summed E-state index contributed by atoms with van der Waals surface area (Å²) < 4.78 is 1.99. The van der Waals surface area contributed by atoms with E-state index < -0.39 is 9.85 Å². The van der Waals surface area contributed by atoms with Crippen molar-refractivity contribution in [1.29, 1.82) is 0 Å². The second kappa shape index (κ2) is 11.1. The largest absolute Gasteiger partial charge is 0.325 e. The number of nitrogens with one attached hydrogen (secondary N) is 2. The van der Waals surface area contributed by atoms with Crippen molar-refractivity contribution in [2.45, 2.75) is 9.50 Å². The molecule has 0 spiro atoms. The molecule has 0 radical (unpaired) electrons. The molecule has 2 amide bonds. The molecule has 2 aromatic carbocycles. The number of hydrogen-bond acceptors (Lipinski definition) is 12. The zero-order valence-corrected chi connectivity index (χ0v) is 20.3. The lowest BCUT2D eigenvalue weighted by atomic mass is 10.3. The third-order valence-electron chi connectivity index (χ3n) is 4.28. The molecule has 0 bridgehead atoms. The fraction of sp³-hybridized carbons (Fsp3) is 0.105. The maximum atomic E-state index is 12.3. The van der Waals surface area contributed by atoms with E-state index in [1.165, 1.54) is 52.3 Å². The minimum atomic E-state index is -0.549. The Balaban J connectivity index is 1.31. The van der Waals surface area contributed by atoms with E-state index in [1.54, 1.807) is 12.1 Å². The fourth-order valence-electron chi connectivity index (χ4n) is 2.78. The van der Waals surface area contributed by atoms with Gasteiger partial charge in [0.1, 0.15) is 0 Å². The second-order valence-electron chi connectivity index (χ2n) is 6.83. The summed E-state index contributed by atoms with van der Waals surface area (Å²) in [5, 5.41) is 39.7. The van der Waals surface area contributed by atoms with Crippen LogP contribution in [-0.4, -0.2) is 53.0 Å². The predicted octanol–water partition coefficient (Wildman–Crippen LogP) is 3.46. The molecule has 0 aliphatic rings. The fourth-order valence-corrected chi connectivity index (χ4v) is 5.19. The Bertz CT molecular complexity index is 1470. The minimum Gasteiger partial charge on any atom is -0.325 e. The molecule has 0 atom stereocenters. The van der Waals surface area contributed by atoms with Crippen LogP contribution in [0.25, 0.3) is 4.96 Å². The molecule has 17 heteroatoms. The Labute approximate surface area is 213 Å². The Morgan fingerprint density at radius 2 is 1.44 bits per heavy atom. The number of benzene rings is 2. The molecule has 36 heavy (non-hydrogen) atoms. The topological polar surface area (TPSA) is 188 Å². The normalized spacial score (nSPS) is 10.8. The number of nitro benzene ring substituents is 2. The maximum Gasteiger partial charge on any atom is 0.271 e. The molecule has 0 saturated carbocycles. The van der Waals surface area contributed by atoms with Gasteiger partial charge in [0.15, 0.2) is 4.34 Å². The summed E-state index contributed by atoms with van der Waals surface area (Å²) >= 11 is 3.45. The van der Waals surface area contributed by atoms with Gasteiger partial charge in [-0.25, -0.2) is 0 Å². The minimum absolute atomic E-state index is 0.0148. The van der Waals surface area contributed by atoms with Gasteiger partial charge in [-0.05, 0) is 12.1 Å². The van der Waals surface area contributed by atoms with Gasteiger partial charge in [0, 0.05) is 35.6 Å². The van der Waals surface area contributed by atoms with Crippen molar-refractivity contribution in [3.05, 3.63) is 68.8 Å². The quantitative estimate of drug-likeness (QED) is 0.168. The first-order valence-electron chi connectivity index (χ1n) is 9.85. The standard InChI is InChI=1S/C19H14N8O6S3/c28-15(20-11-3-1-5-13(7-11)26(30)31)9-34-17-22-23-18-25(17)24-19(36-18)35-10-16(29)21-12-4-2-6-14(8-12)27(32)33/h1-8H,9-10H2,(H,20,28)(H,21,29). The number of nitrogens with zero attached hydrogens (tertiary/aromatic N) is 6. The number of carbonyl (C=O) groups excluding carboxylic acids is 2. The second-order valence-corrected chi connectivity index (χ2v) is 9.95. The van der Waals surface area contributed by atoms with Crippen LogP contribution in [0.2, 0.25) is 0 Å². The molecule has 2 heterocycles. The van der Waals surface area contributed by atoms with E-state index in [-0.39, 0.29) is 34.7 Å². The van der Waals surface area contributed by atoms with Gasteiger partial charge < -0.3 is 10.6 Å². The average molecular weight is 547 g/mol. The molecule has 0 saturated heterocycles. The first-order valence-corrected chi connectivity index (χ1v) is 12.6. The van der Waals surface area contributed by atoms with Crippen molar-refractivity contribution in [2.24, 2.45) is 0 Å². The van der Waals surface area contributed by atoms with E-state index in [0.717, 1.165) is 23.5 Å². The van der Waals surface area contributed by atoms with Crippen molar-refractivity contribution in [3.8, 4) is 0 Å². The zero-order valence-electron chi connectivity index (χ0n) is 17.9. The van der Waals surface area contributed by atoms with Gasteiger partial charge in [-0.1, -0.05) is 47.0 Å². The van der Waals surface area contributed by atoms with Crippen LogP contribution in [0, 0.1) is 20.2 Å². The lowest BCUT2D eigenvalue weighted by Gasteiger charge is -2.04. The highest BCUT2D eigenvalue weighted by atomic mass is 32.2. The maximum absolute atomic E-state index is 12.3. The Kier molecular flexibility index (Phi) is 7.71. The predicted molar refractivity (Wildman–Crippen MR) is 134 cm³/mol. The van der Waals surface area contributed by atoms with E-state index in [4.69, 9.17) is 0 Å². The van der Waals surface area contributed by atoms with Crippen molar-refractivity contribution in [3.63, 3.8) is 0 Å². The molecule has 14 nitrogen and oxygen atoms in total. The average Bonchev–Trinajstić information content (AvgIpc) is 3.42. The van der Waals surface area contributed by atoms with Crippen LogP contribution < -0.4 is 10.6 Å². The number of thioether (sulfide) groups is 2. The molecule has 0 fully saturated rings. The molecule has 2 aromatic heterocycles. The summed E-state index contributed by atoms with van der Waals surface area (Å²) in [4.78, 5) is 45.6. The van der Waals surface area contributed by atoms with Gasteiger partial charge in [-0.3, -0.25) is 29.8 Å². The number of fused-ring (bicyclic) bond motifs is 1. The van der Waals surface area contributed by atoms with E-state index >= 15 is 0 Å². The third-order valence-corrected chi connectivity index (χ3v) is 7.24. The van der Waals surface area contributed by atoms with Crippen LogP contribution in [0.1, 0.15) is 0 Å². The summed E-state index contributed by atoms with van der Waals surface area (Å²) in [5.74, 6) is -0.769. The highest BCUT2D eigenvalue weighted by Gasteiger charge is 2.16. The van der Waals surface area contributed by atoms with Crippen molar-refractivity contribution >= 4 is 74.4 Å². The number of aromatic nitrogens is 4. The number of hydrogen-bond donors (Lipinski definition) is 2. The molecule has 0 aliphatic carbocycles. The lowest BCUT2D eigenvalue weighted by Crippen LogP contribution is -2.14. The first kappa shape index (κ1) is 25.0. The summed E-state index contributed by atoms with van der Waals surface area (Å²) in [5.41, 5.74) is 0.357. The Hall–Kier alpha value is -4.09. The van der Waals surface area contributed by atoms with E-state index in [1.807, 2.05) is 0 Å². The van der Waals surface area contributed by atoms with E-state index in [9.17, 15) is 29.8 Å². The van der Waals surface area contributed by atoms with Crippen LogP contribution >= 0.6 is 34.9 Å². The number of nitro groups is 2. The Morgan fingerprint density at radius 3 is 2.00 bits per heavy atom. The number of carbonyl (C=O) groups is 2. The SMILES string of the molecule is O=C(CSc1nn2c(SCC(=O)Nc3cccc([N+](=O)[O-])c3)nnc2s1)Nc1cccc([N+](=O)[O-])c1. The highest BCUT2D eigenvalue weighted by Crippen LogP contribution is 2.27. The zero-order chi connectivity index (χ0) is 25.7. The molecular weight excluding hydrogens is 532 g/mol. The van der Waals surface area contributed by atoms with Crippen LogP contribution in [0.5, 0.6) is 0 Å². The molecule has 0 aliphatic heterocycles. The molecule has 4 aromatic rings. The molecule has 184 valence electrons. The monoisotopic (exact) mass is 546 g/mol. The smallest absolute Gasteiger partial charge is 0.271 e. The summed E-state index contributed by atoms with van der Waals surface area (Å²) in [6, 6.07) is 11.2. The molecule has 2 N–H and O–H groups in total.